The summed E-state index contributed by atoms with van der Waals surface area (Å²) in [6.45, 7) is 4.28. The molecule has 0 saturated carbocycles. The van der Waals surface area contributed by atoms with Crippen LogP contribution >= 0.6 is 27.3 Å². The highest BCUT2D eigenvalue weighted by Gasteiger charge is 2.07. The second kappa shape index (κ2) is 5.30. The fourth-order valence-corrected chi connectivity index (χ4v) is 3.39. The third-order valence-corrected chi connectivity index (χ3v) is 3.87. The summed E-state index contributed by atoms with van der Waals surface area (Å²) in [7, 11) is 2.17. The minimum atomic E-state index is 0.544. The Bertz CT molecular complexity index is 464. The molecule has 0 fully saturated rings. The molecule has 0 radical (unpaired) electrons. The van der Waals surface area contributed by atoms with E-state index in [1.807, 2.05) is 11.3 Å². The summed E-state index contributed by atoms with van der Waals surface area (Å²) >= 11 is 5.43. The van der Waals surface area contributed by atoms with Crippen LogP contribution in [0.4, 0.5) is 0 Å². The van der Waals surface area contributed by atoms with Gasteiger partial charge >= 0.3 is 0 Å². The summed E-state index contributed by atoms with van der Waals surface area (Å²) in [5, 5.41) is 3.68. The molecule has 1 aromatic carbocycles. The highest BCUT2D eigenvalue weighted by atomic mass is 79.9. The maximum atomic E-state index is 3.59. The number of nitrogens with zero attached hydrogens (tertiary/aromatic N) is 1. The van der Waals surface area contributed by atoms with E-state index in [4.69, 9.17) is 0 Å². The van der Waals surface area contributed by atoms with Crippen molar-refractivity contribution in [3.05, 3.63) is 35.2 Å². The summed E-state index contributed by atoms with van der Waals surface area (Å²) < 4.78 is 1.39. The van der Waals surface area contributed by atoms with E-state index in [1.54, 1.807) is 0 Å². The Morgan fingerprint density at radius 3 is 2.88 bits per heavy atom. The number of halogens is 1. The predicted octanol–water partition coefficient (Wildman–Crippen LogP) is 4.12. The van der Waals surface area contributed by atoms with E-state index in [0.717, 1.165) is 13.1 Å². The first kappa shape index (κ1) is 12.1. The number of hydrogen-bond donors (Lipinski definition) is 0. The molecule has 86 valence electrons. The summed E-state index contributed by atoms with van der Waals surface area (Å²) in [6.07, 6.45) is 0. The van der Waals surface area contributed by atoms with Crippen LogP contribution < -0.4 is 0 Å². The van der Waals surface area contributed by atoms with E-state index in [-0.39, 0.29) is 0 Å². The molecule has 2 aromatic rings. The lowest BCUT2D eigenvalue weighted by atomic mass is 10.2. The fourth-order valence-electron chi connectivity index (χ4n) is 1.94. The Morgan fingerprint density at radius 2 is 2.12 bits per heavy atom. The van der Waals surface area contributed by atoms with Crippen LogP contribution in [0.1, 0.15) is 12.5 Å². The van der Waals surface area contributed by atoms with Gasteiger partial charge in [0.25, 0.3) is 0 Å². The molecule has 0 N–H and O–H groups in total. The van der Waals surface area contributed by atoms with Gasteiger partial charge in [0.2, 0.25) is 0 Å². The Balaban J connectivity index is 2.15. The van der Waals surface area contributed by atoms with Crippen LogP contribution in [0.2, 0.25) is 0 Å². The van der Waals surface area contributed by atoms with Gasteiger partial charge in [-0.3, -0.25) is 0 Å². The van der Waals surface area contributed by atoms with Crippen molar-refractivity contribution in [3.63, 3.8) is 0 Å². The van der Waals surface area contributed by atoms with E-state index in [1.165, 1.54) is 15.6 Å². The van der Waals surface area contributed by atoms with Gasteiger partial charge in [-0.25, -0.2) is 0 Å². The van der Waals surface area contributed by atoms with E-state index < -0.39 is 0 Å². The monoisotopic (exact) mass is 297 g/mol. The molecule has 2 rings (SSSR count). The first-order valence-electron chi connectivity index (χ1n) is 5.44. The van der Waals surface area contributed by atoms with Crippen molar-refractivity contribution < 1.29 is 0 Å². The van der Waals surface area contributed by atoms with E-state index in [0.29, 0.717) is 4.83 Å². The third kappa shape index (κ3) is 2.84. The molecule has 0 amide bonds. The van der Waals surface area contributed by atoms with Crippen LogP contribution in [0.3, 0.4) is 0 Å². The van der Waals surface area contributed by atoms with Gasteiger partial charge in [0.1, 0.15) is 0 Å². The van der Waals surface area contributed by atoms with Crippen molar-refractivity contribution in [3.8, 4) is 0 Å². The lowest BCUT2D eigenvalue weighted by Crippen LogP contribution is -2.23. The van der Waals surface area contributed by atoms with Crippen LogP contribution in [0.15, 0.2) is 29.6 Å². The number of benzene rings is 1. The molecule has 1 atom stereocenters. The third-order valence-electron chi connectivity index (χ3n) is 2.56. The van der Waals surface area contributed by atoms with Crippen molar-refractivity contribution in [1.29, 1.82) is 0 Å². The smallest absolute Gasteiger partial charge is 0.0346 e. The Kier molecular flexibility index (Phi) is 4.00. The molecule has 1 aromatic heterocycles. The van der Waals surface area contributed by atoms with Gasteiger partial charge < -0.3 is 4.90 Å². The molecule has 1 nitrogen and oxygen atoms in total. The second-order valence-electron chi connectivity index (χ2n) is 4.23. The van der Waals surface area contributed by atoms with Crippen molar-refractivity contribution in [1.82, 2.24) is 4.90 Å². The number of alkyl halides is 1. The maximum absolute atomic E-state index is 3.59. The van der Waals surface area contributed by atoms with Gasteiger partial charge in [0, 0.05) is 22.6 Å². The molecule has 1 heterocycles. The van der Waals surface area contributed by atoms with Crippen LogP contribution in [-0.2, 0) is 6.54 Å². The van der Waals surface area contributed by atoms with E-state index >= 15 is 0 Å². The number of hydrogen-bond acceptors (Lipinski definition) is 2. The number of fused-ring (bicyclic) bond motifs is 1. The van der Waals surface area contributed by atoms with Crippen LogP contribution in [0.5, 0.6) is 0 Å². The number of thiophene rings is 1. The molecule has 3 heteroatoms. The SMILES string of the molecule is CC(Br)CN(C)Cc1csc2ccccc12. The van der Waals surface area contributed by atoms with E-state index in [9.17, 15) is 0 Å². The molecule has 0 spiro atoms. The summed E-state index contributed by atoms with van der Waals surface area (Å²) in [6, 6.07) is 8.63. The van der Waals surface area contributed by atoms with E-state index in [2.05, 4.69) is 64.4 Å². The van der Waals surface area contributed by atoms with Gasteiger partial charge in [-0.15, -0.1) is 11.3 Å². The molecule has 1 unspecified atom stereocenters. The molecule has 16 heavy (non-hydrogen) atoms. The zero-order valence-corrected chi connectivity index (χ0v) is 12.0. The largest absolute Gasteiger partial charge is 0.301 e. The molecular weight excluding hydrogens is 282 g/mol. The molecular formula is C13H16BrNS. The van der Waals surface area contributed by atoms with Crippen LogP contribution in [0, 0.1) is 0 Å². The van der Waals surface area contributed by atoms with Crippen LogP contribution in [-0.4, -0.2) is 23.3 Å². The Morgan fingerprint density at radius 1 is 1.38 bits per heavy atom. The first-order valence-corrected chi connectivity index (χ1v) is 7.24. The fraction of sp³-hybridized carbons (Fsp3) is 0.385. The lowest BCUT2D eigenvalue weighted by Gasteiger charge is -2.17. The highest BCUT2D eigenvalue weighted by Crippen LogP contribution is 2.26. The van der Waals surface area contributed by atoms with Gasteiger partial charge in [0.15, 0.2) is 0 Å². The van der Waals surface area contributed by atoms with Crippen molar-refractivity contribution in [2.24, 2.45) is 0 Å². The van der Waals surface area contributed by atoms with Gasteiger partial charge in [0.05, 0.1) is 0 Å². The Hall–Kier alpha value is -0.380. The average molecular weight is 298 g/mol. The maximum Gasteiger partial charge on any atom is 0.0346 e. The van der Waals surface area contributed by atoms with Crippen molar-refractivity contribution in [2.45, 2.75) is 18.3 Å². The summed E-state index contributed by atoms with van der Waals surface area (Å²) in [4.78, 5) is 2.90. The standard InChI is InChI=1S/C13H16BrNS/c1-10(14)7-15(2)8-11-9-16-13-6-4-3-5-12(11)13/h3-6,9-10H,7-8H2,1-2H3. The summed E-state index contributed by atoms with van der Waals surface area (Å²) in [5.74, 6) is 0. The Labute approximate surface area is 109 Å². The van der Waals surface area contributed by atoms with Crippen molar-refractivity contribution in [2.75, 3.05) is 13.6 Å². The summed E-state index contributed by atoms with van der Waals surface area (Å²) in [5.41, 5.74) is 1.44. The lowest BCUT2D eigenvalue weighted by molar-refractivity contribution is 0.334. The molecule has 0 aliphatic rings. The van der Waals surface area contributed by atoms with Gasteiger partial charge in [-0.2, -0.15) is 0 Å². The normalized spacial score (nSPS) is 13.5. The van der Waals surface area contributed by atoms with Crippen molar-refractivity contribution >= 4 is 37.4 Å². The van der Waals surface area contributed by atoms with Gasteiger partial charge in [-0.1, -0.05) is 41.1 Å². The topological polar surface area (TPSA) is 3.24 Å². The van der Waals surface area contributed by atoms with Gasteiger partial charge in [-0.05, 0) is 29.4 Å². The highest BCUT2D eigenvalue weighted by molar-refractivity contribution is 9.09. The average Bonchev–Trinajstić information content (AvgIpc) is 2.61. The molecule has 0 saturated heterocycles. The first-order chi connectivity index (χ1) is 7.66. The zero-order valence-electron chi connectivity index (χ0n) is 9.61. The number of rotatable bonds is 4. The minimum Gasteiger partial charge on any atom is -0.301 e. The zero-order chi connectivity index (χ0) is 11.5. The second-order valence-corrected chi connectivity index (χ2v) is 6.71. The minimum absolute atomic E-state index is 0.544. The molecule has 0 aliphatic carbocycles. The predicted molar refractivity (Wildman–Crippen MR) is 76.5 cm³/mol. The molecule has 0 bridgehead atoms. The van der Waals surface area contributed by atoms with Crippen LogP contribution in [0.25, 0.3) is 10.1 Å². The quantitative estimate of drug-likeness (QED) is 0.768. The molecule has 0 aliphatic heterocycles.